The number of rotatable bonds is 7. The van der Waals surface area contributed by atoms with Gasteiger partial charge < -0.3 is 9.80 Å². The predicted octanol–water partition coefficient (Wildman–Crippen LogP) is 0.779. The number of hydrogen-bond acceptors (Lipinski definition) is 7. The molecule has 0 saturated carbocycles. The molecule has 0 bridgehead atoms. The summed E-state index contributed by atoms with van der Waals surface area (Å²) in [6.07, 6.45) is 2.70. The lowest BCUT2D eigenvalue weighted by Crippen LogP contribution is -2.49. The van der Waals surface area contributed by atoms with Crippen LogP contribution in [0, 0.1) is 0 Å². The van der Waals surface area contributed by atoms with Crippen LogP contribution in [0.2, 0.25) is 5.02 Å². The van der Waals surface area contributed by atoms with E-state index >= 15 is 0 Å². The SMILES string of the molecule is CCN(CC)c1ncc(Cl)c(C(=O)N2CCN(CCS(C)(=O)=O)CC2)n1. The molecule has 0 aromatic carbocycles. The van der Waals surface area contributed by atoms with Crippen molar-refractivity contribution in [2.75, 3.05) is 62.7 Å². The Bertz CT molecular complexity index is 731. The second kappa shape index (κ2) is 8.96. The van der Waals surface area contributed by atoms with Gasteiger partial charge in [-0.3, -0.25) is 9.69 Å². The minimum atomic E-state index is -2.98. The average molecular weight is 404 g/mol. The number of nitrogens with zero attached hydrogens (tertiary/aromatic N) is 5. The van der Waals surface area contributed by atoms with Crippen LogP contribution in [0.15, 0.2) is 6.20 Å². The van der Waals surface area contributed by atoms with E-state index in [4.69, 9.17) is 11.6 Å². The van der Waals surface area contributed by atoms with Gasteiger partial charge in [0, 0.05) is 52.1 Å². The molecule has 1 aliphatic heterocycles. The first kappa shape index (κ1) is 20.9. The lowest BCUT2D eigenvalue weighted by molar-refractivity contribution is 0.0638. The van der Waals surface area contributed by atoms with Crippen molar-refractivity contribution in [1.29, 1.82) is 0 Å². The summed E-state index contributed by atoms with van der Waals surface area (Å²) in [6.45, 7) is 8.26. The maximum absolute atomic E-state index is 12.8. The van der Waals surface area contributed by atoms with Gasteiger partial charge in [0.2, 0.25) is 5.95 Å². The lowest BCUT2D eigenvalue weighted by Gasteiger charge is -2.34. The normalized spacial score (nSPS) is 15.9. The minimum absolute atomic E-state index is 0.131. The zero-order chi connectivity index (χ0) is 19.3. The number of sulfone groups is 1. The second-order valence-electron chi connectivity index (χ2n) is 6.30. The zero-order valence-corrected chi connectivity index (χ0v) is 17.1. The predicted molar refractivity (Wildman–Crippen MR) is 103 cm³/mol. The van der Waals surface area contributed by atoms with Gasteiger partial charge in [0.15, 0.2) is 5.69 Å². The topological polar surface area (TPSA) is 86.7 Å². The second-order valence-corrected chi connectivity index (χ2v) is 8.97. The van der Waals surface area contributed by atoms with E-state index in [-0.39, 0.29) is 22.4 Å². The number of hydrogen-bond donors (Lipinski definition) is 0. The van der Waals surface area contributed by atoms with Crippen molar-refractivity contribution in [1.82, 2.24) is 19.8 Å². The highest BCUT2D eigenvalue weighted by Crippen LogP contribution is 2.19. The molecule has 146 valence electrons. The molecule has 1 aromatic heterocycles. The number of amides is 1. The third-order valence-electron chi connectivity index (χ3n) is 4.42. The van der Waals surface area contributed by atoms with Crippen molar-refractivity contribution in [3.8, 4) is 0 Å². The van der Waals surface area contributed by atoms with Crippen LogP contribution < -0.4 is 4.90 Å². The van der Waals surface area contributed by atoms with Crippen molar-refractivity contribution < 1.29 is 13.2 Å². The number of piperazine rings is 1. The van der Waals surface area contributed by atoms with E-state index in [9.17, 15) is 13.2 Å². The van der Waals surface area contributed by atoms with Crippen LogP contribution >= 0.6 is 11.6 Å². The maximum Gasteiger partial charge on any atom is 0.274 e. The van der Waals surface area contributed by atoms with Gasteiger partial charge in [0.25, 0.3) is 5.91 Å². The molecule has 10 heteroatoms. The van der Waals surface area contributed by atoms with Gasteiger partial charge in [-0.15, -0.1) is 0 Å². The highest BCUT2D eigenvalue weighted by atomic mass is 35.5. The van der Waals surface area contributed by atoms with Crippen molar-refractivity contribution in [2.45, 2.75) is 13.8 Å². The molecule has 2 rings (SSSR count). The molecule has 2 heterocycles. The summed E-state index contributed by atoms with van der Waals surface area (Å²) in [5.41, 5.74) is 0.216. The van der Waals surface area contributed by atoms with Gasteiger partial charge in [0.05, 0.1) is 17.0 Å². The molecule has 0 atom stereocenters. The Morgan fingerprint density at radius 1 is 1.23 bits per heavy atom. The highest BCUT2D eigenvalue weighted by Gasteiger charge is 2.26. The molecular weight excluding hydrogens is 378 g/mol. The van der Waals surface area contributed by atoms with Gasteiger partial charge >= 0.3 is 0 Å². The third-order valence-corrected chi connectivity index (χ3v) is 5.62. The fourth-order valence-electron chi connectivity index (χ4n) is 2.79. The molecule has 0 radical (unpaired) electrons. The van der Waals surface area contributed by atoms with Crippen LogP contribution in [0.1, 0.15) is 24.3 Å². The van der Waals surface area contributed by atoms with Crippen molar-refractivity contribution >= 4 is 33.3 Å². The van der Waals surface area contributed by atoms with Crippen LogP contribution in [0.25, 0.3) is 0 Å². The molecule has 0 aliphatic carbocycles. The molecule has 1 aliphatic rings. The quantitative estimate of drug-likeness (QED) is 0.664. The van der Waals surface area contributed by atoms with E-state index < -0.39 is 9.84 Å². The first-order chi connectivity index (χ1) is 12.2. The van der Waals surface area contributed by atoms with Crippen LogP contribution in [0.3, 0.4) is 0 Å². The Balaban J connectivity index is 2.03. The summed E-state index contributed by atoms with van der Waals surface area (Å²) in [7, 11) is -2.98. The maximum atomic E-state index is 12.8. The number of halogens is 1. The summed E-state index contributed by atoms with van der Waals surface area (Å²) in [6, 6.07) is 0. The molecule has 1 aromatic rings. The Kier molecular flexibility index (Phi) is 7.19. The Morgan fingerprint density at radius 3 is 2.38 bits per heavy atom. The number of carbonyl (C=O) groups excluding carboxylic acids is 1. The highest BCUT2D eigenvalue weighted by molar-refractivity contribution is 7.90. The van der Waals surface area contributed by atoms with Crippen molar-refractivity contribution in [3.63, 3.8) is 0 Å². The van der Waals surface area contributed by atoms with E-state index in [0.717, 1.165) is 13.1 Å². The van der Waals surface area contributed by atoms with Crippen molar-refractivity contribution in [2.24, 2.45) is 0 Å². The van der Waals surface area contributed by atoms with E-state index in [2.05, 4.69) is 9.97 Å². The average Bonchev–Trinajstić information content (AvgIpc) is 2.61. The number of aromatic nitrogens is 2. The van der Waals surface area contributed by atoms with Gasteiger partial charge in [-0.25, -0.2) is 18.4 Å². The number of carbonyl (C=O) groups is 1. The first-order valence-corrected chi connectivity index (χ1v) is 11.2. The monoisotopic (exact) mass is 403 g/mol. The van der Waals surface area contributed by atoms with E-state index in [1.165, 1.54) is 12.5 Å². The van der Waals surface area contributed by atoms with Gasteiger partial charge in [-0.1, -0.05) is 11.6 Å². The van der Waals surface area contributed by atoms with Crippen LogP contribution in [-0.2, 0) is 9.84 Å². The first-order valence-electron chi connectivity index (χ1n) is 8.72. The standard InChI is InChI=1S/C16H26ClN5O3S/c1-4-21(5-2)16-18-12-13(17)14(19-16)15(23)22-8-6-20(7-9-22)10-11-26(3,24)25/h12H,4-11H2,1-3H3. The van der Waals surface area contributed by atoms with E-state index in [0.29, 0.717) is 38.7 Å². The van der Waals surface area contributed by atoms with Crippen molar-refractivity contribution in [3.05, 3.63) is 16.9 Å². The summed E-state index contributed by atoms with van der Waals surface area (Å²) < 4.78 is 22.6. The minimum Gasteiger partial charge on any atom is -0.341 e. The summed E-state index contributed by atoms with van der Waals surface area (Å²) in [5, 5.41) is 0.241. The smallest absolute Gasteiger partial charge is 0.274 e. The largest absolute Gasteiger partial charge is 0.341 e. The molecule has 0 N–H and O–H groups in total. The molecule has 1 amide bonds. The Hall–Kier alpha value is -1.45. The molecule has 1 fully saturated rings. The van der Waals surface area contributed by atoms with Crippen LogP contribution in [-0.4, -0.2) is 91.9 Å². The zero-order valence-electron chi connectivity index (χ0n) is 15.5. The molecular formula is C16H26ClN5O3S. The van der Waals surface area contributed by atoms with Crippen LogP contribution in [0.4, 0.5) is 5.95 Å². The van der Waals surface area contributed by atoms with E-state index in [1.807, 2.05) is 23.6 Å². The fourth-order valence-corrected chi connectivity index (χ4v) is 3.55. The fraction of sp³-hybridized carbons (Fsp3) is 0.688. The summed E-state index contributed by atoms with van der Waals surface area (Å²) in [5.74, 6) is 0.412. The molecule has 0 unspecified atom stereocenters. The third kappa shape index (κ3) is 5.52. The van der Waals surface area contributed by atoms with Gasteiger partial charge in [-0.2, -0.15) is 0 Å². The molecule has 26 heavy (non-hydrogen) atoms. The summed E-state index contributed by atoms with van der Waals surface area (Å²) in [4.78, 5) is 27.1. The van der Waals surface area contributed by atoms with Crippen LogP contribution in [0.5, 0.6) is 0 Å². The molecule has 0 spiro atoms. The Morgan fingerprint density at radius 2 is 1.85 bits per heavy atom. The molecule has 8 nitrogen and oxygen atoms in total. The molecule has 1 saturated heterocycles. The Labute approximate surface area is 160 Å². The van der Waals surface area contributed by atoms with E-state index in [1.54, 1.807) is 4.90 Å². The van der Waals surface area contributed by atoms with Gasteiger partial charge in [-0.05, 0) is 13.8 Å². The number of anilines is 1. The van der Waals surface area contributed by atoms with Gasteiger partial charge in [0.1, 0.15) is 9.84 Å². The summed E-state index contributed by atoms with van der Waals surface area (Å²) >= 11 is 6.16. The lowest BCUT2D eigenvalue weighted by atomic mass is 10.2.